The summed E-state index contributed by atoms with van der Waals surface area (Å²) in [5.74, 6) is 0.637. The third kappa shape index (κ3) is 4.78. The van der Waals surface area contributed by atoms with E-state index in [2.05, 4.69) is 10.3 Å². The maximum atomic E-state index is 12.0. The van der Waals surface area contributed by atoms with Crippen molar-refractivity contribution in [2.45, 2.75) is 6.92 Å². The van der Waals surface area contributed by atoms with Gasteiger partial charge in [-0.3, -0.25) is 10.1 Å². The zero-order valence-corrected chi connectivity index (χ0v) is 14.6. The number of nitrogens with zero attached hydrogens (tertiary/aromatic N) is 1. The van der Waals surface area contributed by atoms with E-state index in [0.29, 0.717) is 11.7 Å². The molecule has 1 N–H and O–H groups in total. The van der Waals surface area contributed by atoms with Gasteiger partial charge in [0.15, 0.2) is 5.13 Å². The Morgan fingerprint density at radius 3 is 2.64 bits per heavy atom. The minimum absolute atomic E-state index is 0.198. The Morgan fingerprint density at radius 2 is 1.92 bits per heavy atom. The summed E-state index contributed by atoms with van der Waals surface area (Å²) >= 11 is 1.40. The maximum absolute atomic E-state index is 12.0. The molecule has 0 aliphatic rings. The van der Waals surface area contributed by atoms with Crippen LogP contribution in [0.25, 0.3) is 17.3 Å². The number of hydrogen-bond acceptors (Lipinski definition) is 4. The number of ether oxygens (including phenoxy) is 1. The molecule has 1 aromatic heterocycles. The van der Waals surface area contributed by atoms with Crippen LogP contribution in [0.2, 0.25) is 0 Å². The smallest absolute Gasteiger partial charge is 0.250 e. The van der Waals surface area contributed by atoms with Crippen molar-refractivity contribution in [1.82, 2.24) is 4.98 Å². The van der Waals surface area contributed by atoms with E-state index in [0.717, 1.165) is 22.6 Å². The molecule has 0 atom stereocenters. The first-order valence-corrected chi connectivity index (χ1v) is 8.85. The first-order chi connectivity index (χ1) is 12.2. The Bertz CT molecular complexity index is 855. The van der Waals surface area contributed by atoms with Gasteiger partial charge in [-0.05, 0) is 42.8 Å². The quantitative estimate of drug-likeness (QED) is 0.646. The number of hydrogen-bond donors (Lipinski definition) is 1. The second kappa shape index (κ2) is 8.26. The Morgan fingerprint density at radius 1 is 1.16 bits per heavy atom. The molecule has 1 heterocycles. The summed E-state index contributed by atoms with van der Waals surface area (Å²) < 4.78 is 5.44. The van der Waals surface area contributed by atoms with Gasteiger partial charge >= 0.3 is 0 Å². The van der Waals surface area contributed by atoms with Gasteiger partial charge in [0.1, 0.15) is 5.75 Å². The SMILES string of the molecule is CCOc1ccc(-c2csc(NC(=O)/C=C/c3ccccc3)n2)cc1. The molecular weight excluding hydrogens is 332 g/mol. The predicted molar refractivity (Wildman–Crippen MR) is 103 cm³/mol. The van der Waals surface area contributed by atoms with E-state index in [1.54, 1.807) is 6.08 Å². The highest BCUT2D eigenvalue weighted by Gasteiger charge is 2.06. The van der Waals surface area contributed by atoms with Gasteiger partial charge in [-0.15, -0.1) is 11.3 Å². The summed E-state index contributed by atoms with van der Waals surface area (Å²) in [7, 11) is 0. The van der Waals surface area contributed by atoms with Gasteiger partial charge in [0.05, 0.1) is 12.3 Å². The van der Waals surface area contributed by atoms with E-state index in [1.807, 2.05) is 66.9 Å². The number of carbonyl (C=O) groups excluding carboxylic acids is 1. The predicted octanol–water partition coefficient (Wildman–Crippen LogP) is 4.86. The Labute approximate surface area is 150 Å². The molecule has 4 nitrogen and oxygen atoms in total. The van der Waals surface area contributed by atoms with Crippen molar-refractivity contribution < 1.29 is 9.53 Å². The molecule has 0 radical (unpaired) electrons. The van der Waals surface area contributed by atoms with Gasteiger partial charge in [-0.25, -0.2) is 4.98 Å². The summed E-state index contributed by atoms with van der Waals surface area (Å²) in [4.78, 5) is 16.5. The van der Waals surface area contributed by atoms with Crippen LogP contribution in [0.5, 0.6) is 5.75 Å². The highest BCUT2D eigenvalue weighted by Crippen LogP contribution is 2.26. The summed E-state index contributed by atoms with van der Waals surface area (Å²) in [5, 5.41) is 5.29. The van der Waals surface area contributed by atoms with Gasteiger partial charge < -0.3 is 4.74 Å². The van der Waals surface area contributed by atoms with Gasteiger partial charge in [0.25, 0.3) is 0 Å². The monoisotopic (exact) mass is 350 g/mol. The molecule has 3 aromatic rings. The van der Waals surface area contributed by atoms with Crippen LogP contribution in [0.1, 0.15) is 12.5 Å². The fourth-order valence-corrected chi connectivity index (χ4v) is 2.96. The van der Waals surface area contributed by atoms with Crippen LogP contribution < -0.4 is 10.1 Å². The lowest BCUT2D eigenvalue weighted by molar-refractivity contribution is -0.111. The molecule has 0 bridgehead atoms. The number of benzene rings is 2. The molecule has 3 rings (SSSR count). The third-order valence-electron chi connectivity index (χ3n) is 3.42. The maximum Gasteiger partial charge on any atom is 0.250 e. The normalized spacial score (nSPS) is 10.8. The highest BCUT2D eigenvalue weighted by molar-refractivity contribution is 7.14. The molecular formula is C20H18N2O2S. The van der Waals surface area contributed by atoms with E-state index < -0.39 is 0 Å². The summed E-state index contributed by atoms with van der Waals surface area (Å²) in [6.45, 7) is 2.60. The van der Waals surface area contributed by atoms with Crippen LogP contribution in [-0.2, 0) is 4.79 Å². The molecule has 2 aromatic carbocycles. The van der Waals surface area contributed by atoms with Crippen LogP contribution >= 0.6 is 11.3 Å². The lowest BCUT2D eigenvalue weighted by Gasteiger charge is -2.03. The first-order valence-electron chi connectivity index (χ1n) is 7.97. The van der Waals surface area contributed by atoms with Crippen LogP contribution in [-0.4, -0.2) is 17.5 Å². The van der Waals surface area contributed by atoms with E-state index in [-0.39, 0.29) is 5.91 Å². The number of anilines is 1. The number of amides is 1. The van der Waals surface area contributed by atoms with Gasteiger partial charge in [0, 0.05) is 17.0 Å². The molecule has 1 amide bonds. The minimum atomic E-state index is -0.198. The number of rotatable bonds is 6. The van der Waals surface area contributed by atoms with Gasteiger partial charge in [-0.2, -0.15) is 0 Å². The van der Waals surface area contributed by atoms with Crippen LogP contribution in [0.4, 0.5) is 5.13 Å². The molecule has 0 aliphatic carbocycles. The fourth-order valence-electron chi connectivity index (χ4n) is 2.24. The molecule has 0 saturated carbocycles. The zero-order valence-electron chi connectivity index (χ0n) is 13.8. The van der Waals surface area contributed by atoms with Crippen molar-refractivity contribution in [2.24, 2.45) is 0 Å². The van der Waals surface area contributed by atoms with E-state index in [1.165, 1.54) is 17.4 Å². The van der Waals surface area contributed by atoms with Gasteiger partial charge in [0.2, 0.25) is 5.91 Å². The summed E-state index contributed by atoms with van der Waals surface area (Å²) in [6, 6.07) is 17.4. The second-order valence-electron chi connectivity index (χ2n) is 5.23. The highest BCUT2D eigenvalue weighted by atomic mass is 32.1. The molecule has 0 saturated heterocycles. The third-order valence-corrected chi connectivity index (χ3v) is 4.18. The average molecular weight is 350 g/mol. The fraction of sp³-hybridized carbons (Fsp3) is 0.100. The number of aromatic nitrogens is 1. The number of thiazole rings is 1. The Balaban J connectivity index is 1.63. The van der Waals surface area contributed by atoms with Crippen LogP contribution in [0, 0.1) is 0 Å². The molecule has 5 heteroatoms. The lowest BCUT2D eigenvalue weighted by Crippen LogP contribution is -2.07. The molecule has 0 aliphatic heterocycles. The topological polar surface area (TPSA) is 51.2 Å². The Kier molecular flexibility index (Phi) is 5.59. The van der Waals surface area contributed by atoms with E-state index in [4.69, 9.17) is 4.74 Å². The molecule has 0 spiro atoms. The van der Waals surface area contributed by atoms with E-state index in [9.17, 15) is 4.79 Å². The van der Waals surface area contributed by atoms with Crippen molar-refractivity contribution in [2.75, 3.05) is 11.9 Å². The second-order valence-corrected chi connectivity index (χ2v) is 6.09. The van der Waals surface area contributed by atoms with Crippen molar-refractivity contribution in [1.29, 1.82) is 0 Å². The number of carbonyl (C=O) groups is 1. The van der Waals surface area contributed by atoms with Crippen LogP contribution in [0.3, 0.4) is 0 Å². The lowest BCUT2D eigenvalue weighted by atomic mass is 10.2. The van der Waals surface area contributed by atoms with E-state index >= 15 is 0 Å². The largest absolute Gasteiger partial charge is 0.494 e. The molecule has 25 heavy (non-hydrogen) atoms. The molecule has 126 valence electrons. The first kappa shape index (κ1) is 16.9. The summed E-state index contributed by atoms with van der Waals surface area (Å²) in [5.41, 5.74) is 2.79. The average Bonchev–Trinajstić information content (AvgIpc) is 3.10. The molecule has 0 unspecified atom stereocenters. The summed E-state index contributed by atoms with van der Waals surface area (Å²) in [6.07, 6.45) is 3.28. The van der Waals surface area contributed by atoms with Crippen LogP contribution in [0.15, 0.2) is 66.1 Å². The van der Waals surface area contributed by atoms with Crippen molar-refractivity contribution in [3.8, 4) is 17.0 Å². The van der Waals surface area contributed by atoms with Crippen molar-refractivity contribution >= 4 is 28.5 Å². The van der Waals surface area contributed by atoms with Gasteiger partial charge in [-0.1, -0.05) is 30.3 Å². The standard InChI is InChI=1S/C20H18N2O2S/c1-2-24-17-11-9-16(10-12-17)18-14-25-20(21-18)22-19(23)13-8-15-6-4-3-5-7-15/h3-14H,2H2,1H3,(H,21,22,23)/b13-8+. The zero-order chi connectivity index (χ0) is 17.5. The van der Waals surface area contributed by atoms with Crippen molar-refractivity contribution in [3.63, 3.8) is 0 Å². The van der Waals surface area contributed by atoms with Crippen molar-refractivity contribution in [3.05, 3.63) is 71.6 Å². The molecule has 0 fully saturated rings. The number of nitrogens with one attached hydrogen (secondary N) is 1. The minimum Gasteiger partial charge on any atom is -0.494 e. The Hall–Kier alpha value is -2.92.